The monoisotopic (exact) mass is 761 g/mol. The van der Waals surface area contributed by atoms with Crippen molar-refractivity contribution in [3.8, 4) is 56.5 Å². The number of aromatic nitrogens is 4. The van der Waals surface area contributed by atoms with E-state index in [0.29, 0.717) is 0 Å². The SMILES string of the molecule is Cn1cc2n([c]1=[Pt])-c1cc(Oc3ccc4c5ccccc5n(-c5ccccn5)c4c3)ccc1-c1ccccc1-c1ccccc1-2. The normalized spacial score (nSPS) is 11.8. The number of ether oxygens (including phenoxy) is 1. The zero-order valence-electron chi connectivity index (χ0n) is 24.3. The second kappa shape index (κ2) is 10.2. The molecule has 0 aliphatic carbocycles. The predicted octanol–water partition coefficient (Wildman–Crippen LogP) is 9.49. The Morgan fingerprint density at radius 3 is 2.02 bits per heavy atom. The minimum atomic E-state index is 0.771. The van der Waals surface area contributed by atoms with Crippen molar-refractivity contribution in [3.63, 3.8) is 0 Å². The van der Waals surface area contributed by atoms with E-state index in [9.17, 15) is 0 Å². The number of hydrogen-bond donors (Lipinski definition) is 0. The number of aryl methyl sites for hydroxylation is 1. The summed E-state index contributed by atoms with van der Waals surface area (Å²) in [7, 11) is 2.10. The standard InChI is InChI=1S/C39H26N4O.Pt/c1-41-24-38-31-13-5-4-11-29(31)28-10-2-3-12-30(28)33-19-17-26(22-36(33)42(38)25-41)44-27-18-20-34-32-14-6-7-15-35(32)43(37(34)23-27)39-16-8-9-21-40-39;/h2-24H,1H3;. The summed E-state index contributed by atoms with van der Waals surface area (Å²) in [6, 6.07) is 44.6. The molecule has 5 aromatic carbocycles. The van der Waals surface area contributed by atoms with Crippen LogP contribution in [0.1, 0.15) is 0 Å². The average Bonchev–Trinajstić information content (AvgIpc) is 3.57. The van der Waals surface area contributed by atoms with E-state index in [1.807, 2.05) is 24.4 Å². The Labute approximate surface area is 270 Å². The Kier molecular flexibility index (Phi) is 5.91. The molecule has 0 saturated carbocycles. The van der Waals surface area contributed by atoms with E-state index in [1.165, 1.54) is 27.6 Å². The molecule has 0 fully saturated rings. The molecule has 0 N–H and O–H groups in total. The quantitative estimate of drug-likeness (QED) is 0.180. The van der Waals surface area contributed by atoms with Crippen LogP contribution in [0.2, 0.25) is 0 Å². The van der Waals surface area contributed by atoms with Gasteiger partial charge in [-0.25, -0.2) is 0 Å². The van der Waals surface area contributed by atoms with Crippen LogP contribution < -0.4 is 4.74 Å². The first-order valence-electron chi connectivity index (χ1n) is 14.9. The van der Waals surface area contributed by atoms with Crippen LogP contribution in [0.4, 0.5) is 0 Å². The molecule has 6 heteroatoms. The second-order valence-electron chi connectivity index (χ2n) is 11.3. The summed E-state index contributed by atoms with van der Waals surface area (Å²) in [6.45, 7) is 0. The summed E-state index contributed by atoms with van der Waals surface area (Å²) in [6.07, 6.45) is 4.05. The summed E-state index contributed by atoms with van der Waals surface area (Å²) in [5, 5.41) is 2.35. The van der Waals surface area contributed by atoms with E-state index < -0.39 is 0 Å². The summed E-state index contributed by atoms with van der Waals surface area (Å²) in [5.41, 5.74) is 10.4. The molecule has 3 aromatic heterocycles. The number of nitrogens with zero attached hydrogens (tertiary/aromatic N) is 4. The molecule has 0 unspecified atom stereocenters. The number of imidazole rings is 1. The Morgan fingerprint density at radius 1 is 0.578 bits per heavy atom. The molecule has 8 aromatic rings. The van der Waals surface area contributed by atoms with Crippen molar-refractivity contribution in [1.82, 2.24) is 18.7 Å². The molecule has 0 radical (unpaired) electrons. The minimum absolute atomic E-state index is 0.771. The number of benzene rings is 5. The Balaban J connectivity index is 1.23. The van der Waals surface area contributed by atoms with Crippen LogP contribution in [0.15, 0.2) is 140 Å². The van der Waals surface area contributed by atoms with Crippen molar-refractivity contribution in [2.75, 3.05) is 0 Å². The molecule has 218 valence electrons. The molecule has 1 aliphatic rings. The van der Waals surface area contributed by atoms with Gasteiger partial charge in [-0.15, -0.1) is 0 Å². The molecule has 9 rings (SSSR count). The van der Waals surface area contributed by atoms with E-state index in [-0.39, 0.29) is 0 Å². The zero-order chi connectivity index (χ0) is 30.1. The summed E-state index contributed by atoms with van der Waals surface area (Å²) < 4.78 is 14.5. The van der Waals surface area contributed by atoms with Crippen LogP contribution in [0, 0.1) is 3.80 Å². The third-order valence-corrected chi connectivity index (χ3v) is 9.99. The molecule has 0 spiro atoms. The fraction of sp³-hybridized carbons (Fsp3) is 0.0256. The molecule has 0 atom stereocenters. The molecular weight excluding hydrogens is 736 g/mol. The molecule has 45 heavy (non-hydrogen) atoms. The molecule has 1 aliphatic heterocycles. The van der Waals surface area contributed by atoms with Gasteiger partial charge in [-0.1, -0.05) is 18.2 Å². The van der Waals surface area contributed by atoms with Crippen molar-refractivity contribution in [3.05, 3.63) is 144 Å². The third kappa shape index (κ3) is 4.04. The van der Waals surface area contributed by atoms with Gasteiger partial charge < -0.3 is 0 Å². The van der Waals surface area contributed by atoms with Crippen molar-refractivity contribution in [2.24, 2.45) is 7.05 Å². The van der Waals surface area contributed by atoms with Gasteiger partial charge in [-0.05, 0) is 6.07 Å². The summed E-state index contributed by atoms with van der Waals surface area (Å²) >= 11 is 2.42. The van der Waals surface area contributed by atoms with E-state index in [4.69, 9.17) is 4.74 Å². The Morgan fingerprint density at radius 2 is 1.22 bits per heavy atom. The maximum absolute atomic E-state index is 6.67. The maximum atomic E-state index is 6.67. The van der Waals surface area contributed by atoms with E-state index in [2.05, 4.69) is 160 Å². The van der Waals surface area contributed by atoms with E-state index in [0.717, 1.165) is 54.5 Å². The number of para-hydroxylation sites is 1. The third-order valence-electron chi connectivity index (χ3n) is 8.68. The molecule has 0 saturated heterocycles. The van der Waals surface area contributed by atoms with E-state index >= 15 is 0 Å². The first-order chi connectivity index (χ1) is 22.2. The van der Waals surface area contributed by atoms with Crippen molar-refractivity contribution >= 4 is 21.8 Å². The second-order valence-corrected chi connectivity index (χ2v) is 12.3. The molecule has 5 nitrogen and oxygen atoms in total. The molecule has 4 heterocycles. The summed E-state index contributed by atoms with van der Waals surface area (Å²) in [4.78, 5) is 4.68. The average molecular weight is 762 g/mol. The van der Waals surface area contributed by atoms with Gasteiger partial charge in [0.25, 0.3) is 0 Å². The molecular formula is C39H26N4OPt. The van der Waals surface area contributed by atoms with Gasteiger partial charge in [0.1, 0.15) is 0 Å². The van der Waals surface area contributed by atoms with Crippen LogP contribution in [-0.2, 0) is 26.4 Å². The van der Waals surface area contributed by atoms with Gasteiger partial charge in [0.2, 0.25) is 0 Å². The van der Waals surface area contributed by atoms with Crippen molar-refractivity contribution in [1.29, 1.82) is 0 Å². The van der Waals surface area contributed by atoms with Crippen LogP contribution in [0.5, 0.6) is 11.5 Å². The van der Waals surface area contributed by atoms with Crippen LogP contribution in [0.25, 0.3) is 66.8 Å². The fourth-order valence-corrected chi connectivity index (χ4v) is 7.41. The van der Waals surface area contributed by atoms with Gasteiger partial charge in [0, 0.05) is 6.20 Å². The van der Waals surface area contributed by atoms with Gasteiger partial charge in [-0.2, -0.15) is 0 Å². The number of rotatable bonds is 3. The van der Waals surface area contributed by atoms with Crippen LogP contribution >= 0.6 is 0 Å². The molecule has 0 bridgehead atoms. The topological polar surface area (TPSA) is 36.9 Å². The number of hydrogen-bond acceptors (Lipinski definition) is 2. The Hall–Kier alpha value is -5.25. The van der Waals surface area contributed by atoms with Gasteiger partial charge in [-0.3, -0.25) is 0 Å². The van der Waals surface area contributed by atoms with Crippen LogP contribution in [0.3, 0.4) is 0 Å². The van der Waals surface area contributed by atoms with Gasteiger partial charge in [0.05, 0.1) is 0 Å². The number of fused-ring (bicyclic) bond motifs is 11. The fourth-order valence-electron chi connectivity index (χ4n) is 6.72. The van der Waals surface area contributed by atoms with Gasteiger partial charge >= 0.3 is 241 Å². The first-order valence-corrected chi connectivity index (χ1v) is 16.0. The zero-order valence-corrected chi connectivity index (χ0v) is 26.6. The van der Waals surface area contributed by atoms with Gasteiger partial charge in [0.15, 0.2) is 0 Å². The summed E-state index contributed by atoms with van der Waals surface area (Å²) in [5.74, 6) is 2.43. The first kappa shape index (κ1) is 26.2. The van der Waals surface area contributed by atoms with E-state index in [1.54, 1.807) is 0 Å². The van der Waals surface area contributed by atoms with Crippen molar-refractivity contribution < 1.29 is 24.1 Å². The predicted molar refractivity (Wildman–Crippen MR) is 176 cm³/mol. The van der Waals surface area contributed by atoms with Crippen LogP contribution in [-0.4, -0.2) is 18.7 Å². The Bertz CT molecular complexity index is 2500. The van der Waals surface area contributed by atoms with Crippen molar-refractivity contribution in [2.45, 2.75) is 0 Å². The number of pyridine rings is 1. The molecule has 0 amide bonds.